The molecule has 1 aromatic carbocycles. The number of imidazole rings is 1. The minimum atomic E-state index is -1.28. The standard InChI is InChI=1S/C13H14BrClN2O4/c1-5-2-7-8(3-6(5)15)17(13(14)16-7)12-11(20)10(19)9(18)4-21-12/h2-3,9-12,18-20H,4H2,1H3/t9-,10-,11-,12?/m1/s1. The number of aryl methyl sites for hydroxylation is 1. The molecule has 3 rings (SSSR count). The van der Waals surface area contributed by atoms with E-state index < -0.39 is 24.5 Å². The molecular formula is C13H14BrClN2O4. The van der Waals surface area contributed by atoms with E-state index in [2.05, 4.69) is 20.9 Å². The highest BCUT2D eigenvalue weighted by molar-refractivity contribution is 9.10. The molecule has 2 heterocycles. The summed E-state index contributed by atoms with van der Waals surface area (Å²) < 4.78 is 7.53. The van der Waals surface area contributed by atoms with E-state index in [1.54, 1.807) is 10.6 Å². The van der Waals surface area contributed by atoms with Gasteiger partial charge in [-0.1, -0.05) is 11.6 Å². The molecule has 2 aromatic rings. The fourth-order valence-corrected chi connectivity index (χ4v) is 3.19. The van der Waals surface area contributed by atoms with Crippen LogP contribution in [-0.2, 0) is 4.74 Å². The number of benzene rings is 1. The Balaban J connectivity index is 2.12. The summed E-state index contributed by atoms with van der Waals surface area (Å²) in [5, 5.41) is 30.1. The third-order valence-electron chi connectivity index (χ3n) is 3.66. The van der Waals surface area contributed by atoms with E-state index >= 15 is 0 Å². The molecule has 0 saturated carbocycles. The fourth-order valence-electron chi connectivity index (χ4n) is 2.45. The van der Waals surface area contributed by atoms with Crippen LogP contribution in [0.15, 0.2) is 16.9 Å². The van der Waals surface area contributed by atoms with Gasteiger partial charge in [0.2, 0.25) is 0 Å². The smallest absolute Gasteiger partial charge is 0.180 e. The molecule has 4 atom stereocenters. The number of hydrogen-bond donors (Lipinski definition) is 3. The lowest BCUT2D eigenvalue weighted by Crippen LogP contribution is -2.50. The molecule has 6 nitrogen and oxygen atoms in total. The van der Waals surface area contributed by atoms with Crippen LogP contribution in [0.5, 0.6) is 0 Å². The molecule has 1 aromatic heterocycles. The Kier molecular flexibility index (Phi) is 3.98. The zero-order valence-corrected chi connectivity index (χ0v) is 13.4. The summed E-state index contributed by atoms with van der Waals surface area (Å²) in [5.41, 5.74) is 2.26. The van der Waals surface area contributed by atoms with Crippen LogP contribution in [0.1, 0.15) is 11.8 Å². The molecule has 0 bridgehead atoms. The lowest BCUT2D eigenvalue weighted by Gasteiger charge is -2.36. The largest absolute Gasteiger partial charge is 0.388 e. The average molecular weight is 378 g/mol. The molecular weight excluding hydrogens is 364 g/mol. The monoisotopic (exact) mass is 376 g/mol. The van der Waals surface area contributed by atoms with Crippen molar-refractivity contribution >= 4 is 38.6 Å². The fraction of sp³-hybridized carbons (Fsp3) is 0.462. The number of aliphatic hydroxyl groups excluding tert-OH is 3. The van der Waals surface area contributed by atoms with E-state index in [9.17, 15) is 15.3 Å². The van der Waals surface area contributed by atoms with Crippen molar-refractivity contribution in [2.75, 3.05) is 6.61 Å². The third-order valence-corrected chi connectivity index (χ3v) is 4.62. The van der Waals surface area contributed by atoms with E-state index in [1.165, 1.54) is 0 Å². The predicted molar refractivity (Wildman–Crippen MR) is 80.2 cm³/mol. The van der Waals surface area contributed by atoms with Gasteiger partial charge in [0.1, 0.15) is 18.3 Å². The second-order valence-electron chi connectivity index (χ2n) is 5.11. The van der Waals surface area contributed by atoms with Gasteiger partial charge in [-0.25, -0.2) is 4.98 Å². The van der Waals surface area contributed by atoms with Gasteiger partial charge >= 0.3 is 0 Å². The molecule has 0 spiro atoms. The maximum Gasteiger partial charge on any atom is 0.180 e. The van der Waals surface area contributed by atoms with Gasteiger partial charge in [0.25, 0.3) is 0 Å². The Morgan fingerprint density at radius 2 is 2.05 bits per heavy atom. The highest BCUT2D eigenvalue weighted by Crippen LogP contribution is 2.33. The third kappa shape index (κ3) is 2.48. The van der Waals surface area contributed by atoms with Crippen LogP contribution in [0, 0.1) is 6.92 Å². The second-order valence-corrected chi connectivity index (χ2v) is 6.23. The Morgan fingerprint density at radius 3 is 2.76 bits per heavy atom. The molecule has 8 heteroatoms. The van der Waals surface area contributed by atoms with E-state index in [0.29, 0.717) is 20.8 Å². The lowest BCUT2D eigenvalue weighted by atomic mass is 10.0. The van der Waals surface area contributed by atoms with Gasteiger partial charge in [0.15, 0.2) is 11.0 Å². The topological polar surface area (TPSA) is 87.7 Å². The summed E-state index contributed by atoms with van der Waals surface area (Å²) in [6.45, 7) is 1.80. The summed E-state index contributed by atoms with van der Waals surface area (Å²) >= 11 is 9.48. The SMILES string of the molecule is Cc1cc2nc(Br)n(C3OC[C@@H](O)[C@@H](O)[C@H]3O)c2cc1Cl. The zero-order valence-electron chi connectivity index (χ0n) is 11.1. The van der Waals surface area contributed by atoms with E-state index in [0.717, 1.165) is 5.56 Å². The number of ether oxygens (including phenoxy) is 1. The zero-order chi connectivity index (χ0) is 15.3. The summed E-state index contributed by atoms with van der Waals surface area (Å²) in [6.07, 6.45) is -4.53. The van der Waals surface area contributed by atoms with Gasteiger partial charge in [-0.2, -0.15) is 0 Å². The molecule has 1 aliphatic heterocycles. The van der Waals surface area contributed by atoms with Crippen LogP contribution < -0.4 is 0 Å². The molecule has 114 valence electrons. The number of halogens is 2. The first-order valence-electron chi connectivity index (χ1n) is 6.39. The lowest BCUT2D eigenvalue weighted by molar-refractivity contribution is -0.210. The molecule has 1 aliphatic rings. The molecule has 0 radical (unpaired) electrons. The Labute approximate surface area is 134 Å². The average Bonchev–Trinajstić information content (AvgIpc) is 2.73. The maximum absolute atomic E-state index is 10.2. The van der Waals surface area contributed by atoms with Gasteiger partial charge in [0.05, 0.1) is 17.6 Å². The number of nitrogens with zero attached hydrogens (tertiary/aromatic N) is 2. The van der Waals surface area contributed by atoms with Crippen LogP contribution in [0.4, 0.5) is 0 Å². The van der Waals surface area contributed by atoms with Crippen molar-refractivity contribution in [2.45, 2.75) is 31.5 Å². The van der Waals surface area contributed by atoms with Crippen LogP contribution in [0.2, 0.25) is 5.02 Å². The number of rotatable bonds is 1. The van der Waals surface area contributed by atoms with Crippen LogP contribution in [0.25, 0.3) is 11.0 Å². The predicted octanol–water partition coefficient (Wildman–Crippen LogP) is 1.37. The van der Waals surface area contributed by atoms with E-state index in [4.69, 9.17) is 16.3 Å². The normalized spacial score (nSPS) is 30.0. The van der Waals surface area contributed by atoms with Crippen LogP contribution in [0.3, 0.4) is 0 Å². The quantitative estimate of drug-likeness (QED) is 0.699. The van der Waals surface area contributed by atoms with E-state index in [-0.39, 0.29) is 6.61 Å². The summed E-state index contributed by atoms with van der Waals surface area (Å²) in [7, 11) is 0. The first-order valence-corrected chi connectivity index (χ1v) is 7.56. The minimum absolute atomic E-state index is 0.0748. The Morgan fingerprint density at radius 1 is 1.33 bits per heavy atom. The molecule has 1 unspecified atom stereocenters. The van der Waals surface area contributed by atoms with Crippen molar-refractivity contribution in [3.05, 3.63) is 27.5 Å². The highest BCUT2D eigenvalue weighted by atomic mass is 79.9. The van der Waals surface area contributed by atoms with Gasteiger partial charge in [0, 0.05) is 5.02 Å². The number of aliphatic hydroxyl groups is 3. The van der Waals surface area contributed by atoms with Crippen molar-refractivity contribution in [1.82, 2.24) is 9.55 Å². The maximum atomic E-state index is 10.2. The van der Waals surface area contributed by atoms with Crippen molar-refractivity contribution in [3.8, 4) is 0 Å². The first-order chi connectivity index (χ1) is 9.90. The number of aromatic nitrogens is 2. The summed E-state index contributed by atoms with van der Waals surface area (Å²) in [5.74, 6) is 0. The first kappa shape index (κ1) is 15.2. The summed E-state index contributed by atoms with van der Waals surface area (Å²) in [4.78, 5) is 4.35. The van der Waals surface area contributed by atoms with Crippen molar-refractivity contribution in [2.24, 2.45) is 0 Å². The second kappa shape index (κ2) is 5.49. The van der Waals surface area contributed by atoms with Crippen LogP contribution in [-0.4, -0.2) is 49.8 Å². The number of fused-ring (bicyclic) bond motifs is 1. The summed E-state index contributed by atoms with van der Waals surface area (Å²) in [6, 6.07) is 3.57. The van der Waals surface area contributed by atoms with Crippen molar-refractivity contribution in [3.63, 3.8) is 0 Å². The Bertz CT molecular complexity index is 692. The van der Waals surface area contributed by atoms with Gasteiger partial charge in [-0.05, 0) is 40.5 Å². The van der Waals surface area contributed by atoms with Crippen molar-refractivity contribution in [1.29, 1.82) is 0 Å². The molecule has 1 saturated heterocycles. The van der Waals surface area contributed by atoms with Gasteiger partial charge < -0.3 is 20.1 Å². The number of hydrogen-bond acceptors (Lipinski definition) is 5. The molecule has 0 amide bonds. The molecule has 21 heavy (non-hydrogen) atoms. The van der Waals surface area contributed by atoms with Gasteiger partial charge in [-0.3, -0.25) is 4.57 Å². The minimum Gasteiger partial charge on any atom is -0.388 e. The van der Waals surface area contributed by atoms with Gasteiger partial charge in [-0.15, -0.1) is 0 Å². The highest BCUT2D eigenvalue weighted by Gasteiger charge is 2.39. The molecule has 3 N–H and O–H groups in total. The Hall–Kier alpha value is -0.700. The molecule has 0 aliphatic carbocycles. The van der Waals surface area contributed by atoms with Crippen molar-refractivity contribution < 1.29 is 20.1 Å². The molecule has 1 fully saturated rings. The van der Waals surface area contributed by atoms with Crippen LogP contribution >= 0.6 is 27.5 Å². The van der Waals surface area contributed by atoms with E-state index in [1.807, 2.05) is 13.0 Å².